The molecule has 0 radical (unpaired) electrons. The third-order valence-electron chi connectivity index (χ3n) is 1.24. The first kappa shape index (κ1) is 10.3. The smallest absolute Gasteiger partial charge is 0.205 e. The van der Waals surface area contributed by atoms with Crippen LogP contribution in [0, 0.1) is 11.6 Å². The number of hydrogen-bond donors (Lipinski definition) is 0. The lowest BCUT2D eigenvalue weighted by molar-refractivity contribution is 0.542. The molecule has 72 valence electrons. The number of halogens is 4. The summed E-state index contributed by atoms with van der Waals surface area (Å²) in [6, 6.07) is 0.613. The third kappa shape index (κ3) is 2.13. The summed E-state index contributed by atoms with van der Waals surface area (Å²) >= 11 is 5.03. The van der Waals surface area contributed by atoms with Gasteiger partial charge in [0, 0.05) is 0 Å². The van der Waals surface area contributed by atoms with E-state index in [1.165, 1.54) is 0 Å². The van der Waals surface area contributed by atoms with Gasteiger partial charge >= 0.3 is 10.2 Å². The summed E-state index contributed by atoms with van der Waals surface area (Å²) in [5.74, 6) is -2.64. The summed E-state index contributed by atoms with van der Waals surface area (Å²) in [4.78, 5) is -1.09. The predicted octanol–water partition coefficient (Wildman–Crippen LogP) is 2.28. The van der Waals surface area contributed by atoms with Crippen molar-refractivity contribution in [3.63, 3.8) is 0 Å². The fraction of sp³-hybridized carbons (Fsp3) is 0. The van der Waals surface area contributed by atoms with Crippen LogP contribution >= 0.6 is 11.6 Å². The monoisotopic (exact) mass is 230 g/mol. The first-order chi connectivity index (χ1) is 5.82. The molecule has 2 nitrogen and oxygen atoms in total. The molecule has 0 N–H and O–H groups in total. The zero-order valence-electron chi connectivity index (χ0n) is 5.89. The van der Waals surface area contributed by atoms with Crippen LogP contribution in [0.5, 0.6) is 0 Å². The Morgan fingerprint density at radius 2 is 1.54 bits per heavy atom. The van der Waals surface area contributed by atoms with E-state index in [0.717, 1.165) is 0 Å². The Hall–Kier alpha value is -0.750. The summed E-state index contributed by atoms with van der Waals surface area (Å²) in [5, 5.41) is -0.868. The number of benzene rings is 1. The maximum Gasteiger partial charge on any atom is 0.332 e. The van der Waals surface area contributed by atoms with Crippen molar-refractivity contribution < 1.29 is 21.1 Å². The average Bonchev–Trinajstić information content (AvgIpc) is 1.97. The van der Waals surface area contributed by atoms with Gasteiger partial charge in [0.25, 0.3) is 0 Å². The highest BCUT2D eigenvalue weighted by atomic mass is 35.5. The van der Waals surface area contributed by atoms with Crippen LogP contribution in [0.15, 0.2) is 17.0 Å². The molecule has 0 amide bonds. The van der Waals surface area contributed by atoms with E-state index in [1.54, 1.807) is 0 Å². The summed E-state index contributed by atoms with van der Waals surface area (Å²) in [7, 11) is -5.10. The lowest BCUT2D eigenvalue weighted by Crippen LogP contribution is -1.95. The maximum atomic E-state index is 12.6. The second-order valence-electron chi connectivity index (χ2n) is 2.14. The molecule has 0 atom stereocenters. The highest BCUT2D eigenvalue weighted by Crippen LogP contribution is 2.23. The predicted molar refractivity (Wildman–Crippen MR) is 39.7 cm³/mol. The van der Waals surface area contributed by atoms with E-state index in [2.05, 4.69) is 0 Å². The minimum absolute atomic E-state index is 0.306. The van der Waals surface area contributed by atoms with Crippen LogP contribution < -0.4 is 0 Å². The highest BCUT2D eigenvalue weighted by Gasteiger charge is 2.17. The summed E-state index contributed by atoms with van der Waals surface area (Å²) in [5.41, 5.74) is 0. The molecule has 1 rings (SSSR count). The van der Waals surface area contributed by atoms with Crippen LogP contribution in [-0.4, -0.2) is 8.42 Å². The van der Waals surface area contributed by atoms with Crippen molar-refractivity contribution in [3.05, 3.63) is 28.8 Å². The Labute approximate surface area is 77.2 Å². The Morgan fingerprint density at radius 3 is 1.85 bits per heavy atom. The Balaban J connectivity index is 3.47. The van der Waals surface area contributed by atoms with Gasteiger partial charge < -0.3 is 0 Å². The molecule has 0 aliphatic heterocycles. The molecule has 0 bridgehead atoms. The largest absolute Gasteiger partial charge is 0.332 e. The first-order valence-electron chi connectivity index (χ1n) is 2.91. The molecule has 7 heteroatoms. The molecule has 0 spiro atoms. The van der Waals surface area contributed by atoms with E-state index >= 15 is 0 Å². The van der Waals surface area contributed by atoms with Crippen molar-refractivity contribution >= 4 is 21.8 Å². The van der Waals surface area contributed by atoms with E-state index in [0.29, 0.717) is 12.1 Å². The van der Waals surface area contributed by atoms with Crippen molar-refractivity contribution in [1.82, 2.24) is 0 Å². The minimum atomic E-state index is -5.10. The van der Waals surface area contributed by atoms with Crippen LogP contribution in [0.25, 0.3) is 0 Å². The maximum absolute atomic E-state index is 12.6. The van der Waals surface area contributed by atoms with Gasteiger partial charge in [0.15, 0.2) is 0 Å². The van der Waals surface area contributed by atoms with Gasteiger partial charge in [-0.25, -0.2) is 8.78 Å². The Bertz CT molecular complexity index is 420. The van der Waals surface area contributed by atoms with Crippen molar-refractivity contribution in [3.8, 4) is 0 Å². The Morgan fingerprint density at radius 1 is 1.15 bits per heavy atom. The molecule has 0 saturated heterocycles. The summed E-state index contributed by atoms with van der Waals surface area (Å²) in [6.45, 7) is 0. The zero-order valence-corrected chi connectivity index (χ0v) is 7.46. The molecule has 1 aromatic carbocycles. The van der Waals surface area contributed by atoms with E-state index < -0.39 is 31.8 Å². The lowest BCUT2D eigenvalue weighted by Gasteiger charge is -1.98. The van der Waals surface area contributed by atoms with Gasteiger partial charge in [-0.2, -0.15) is 8.42 Å². The molecule has 13 heavy (non-hydrogen) atoms. The SMILES string of the molecule is O=S(=O)(F)c1cc(F)c(Cl)c(F)c1. The fourth-order valence-electron chi connectivity index (χ4n) is 0.673. The molecule has 0 saturated carbocycles. The Kier molecular flexibility index (Phi) is 2.53. The molecule has 1 aromatic rings. The summed E-state index contributed by atoms with van der Waals surface area (Å²) in [6.07, 6.45) is 0. The van der Waals surface area contributed by atoms with Crippen LogP contribution in [-0.2, 0) is 10.2 Å². The van der Waals surface area contributed by atoms with Gasteiger partial charge in [-0.3, -0.25) is 0 Å². The molecule has 0 unspecified atom stereocenters. The van der Waals surface area contributed by atoms with E-state index in [4.69, 9.17) is 11.6 Å². The lowest BCUT2D eigenvalue weighted by atomic mass is 10.3. The minimum Gasteiger partial charge on any atom is -0.205 e. The van der Waals surface area contributed by atoms with Gasteiger partial charge in [-0.1, -0.05) is 11.6 Å². The van der Waals surface area contributed by atoms with Gasteiger partial charge in [0.1, 0.15) is 21.6 Å². The molecule has 0 fully saturated rings. The van der Waals surface area contributed by atoms with E-state index in [1.807, 2.05) is 0 Å². The molecular formula is C6H2ClF3O2S. The van der Waals surface area contributed by atoms with Crippen molar-refractivity contribution in [2.24, 2.45) is 0 Å². The third-order valence-corrected chi connectivity index (χ3v) is 2.40. The molecule has 0 aromatic heterocycles. The second kappa shape index (κ2) is 3.19. The normalized spacial score (nSPS) is 11.7. The number of rotatable bonds is 1. The zero-order chi connectivity index (χ0) is 10.2. The summed E-state index contributed by atoms with van der Waals surface area (Å²) < 4.78 is 57.8. The van der Waals surface area contributed by atoms with Crippen LogP contribution in [0.2, 0.25) is 5.02 Å². The van der Waals surface area contributed by atoms with Gasteiger partial charge in [-0.05, 0) is 12.1 Å². The highest BCUT2D eigenvalue weighted by molar-refractivity contribution is 7.86. The molecule has 0 heterocycles. The molecule has 0 aliphatic rings. The van der Waals surface area contributed by atoms with Crippen LogP contribution in [0.4, 0.5) is 12.7 Å². The molecule has 0 aliphatic carbocycles. The average molecular weight is 231 g/mol. The standard InChI is InChI=1S/C6H2ClF3O2S/c7-6-4(8)1-3(2-5(6)9)13(10,11)12/h1-2H. The van der Waals surface area contributed by atoms with Crippen LogP contribution in [0.3, 0.4) is 0 Å². The van der Waals surface area contributed by atoms with Crippen molar-refractivity contribution in [1.29, 1.82) is 0 Å². The quantitative estimate of drug-likeness (QED) is 0.548. The number of hydrogen-bond acceptors (Lipinski definition) is 2. The van der Waals surface area contributed by atoms with E-state index in [-0.39, 0.29) is 0 Å². The van der Waals surface area contributed by atoms with Gasteiger partial charge in [0.2, 0.25) is 0 Å². The van der Waals surface area contributed by atoms with Crippen molar-refractivity contribution in [2.45, 2.75) is 4.90 Å². The van der Waals surface area contributed by atoms with E-state index in [9.17, 15) is 21.1 Å². The topological polar surface area (TPSA) is 34.1 Å². The fourth-order valence-corrected chi connectivity index (χ4v) is 1.27. The van der Waals surface area contributed by atoms with Crippen LogP contribution in [0.1, 0.15) is 0 Å². The molecular weight excluding hydrogens is 229 g/mol. The van der Waals surface area contributed by atoms with Gasteiger partial charge in [-0.15, -0.1) is 3.89 Å². The second-order valence-corrected chi connectivity index (χ2v) is 3.86. The first-order valence-corrected chi connectivity index (χ1v) is 4.67. The van der Waals surface area contributed by atoms with Crippen molar-refractivity contribution in [2.75, 3.05) is 0 Å². The van der Waals surface area contributed by atoms with Gasteiger partial charge in [0.05, 0.1) is 0 Å².